The van der Waals surface area contributed by atoms with E-state index in [9.17, 15) is 4.79 Å². The zero-order valence-electron chi connectivity index (χ0n) is 12.8. The summed E-state index contributed by atoms with van der Waals surface area (Å²) in [6.45, 7) is 4.98. The van der Waals surface area contributed by atoms with E-state index in [0.29, 0.717) is 5.75 Å². The number of carbonyl (C=O) groups is 1. The van der Waals surface area contributed by atoms with Gasteiger partial charge in [0.15, 0.2) is 4.34 Å². The molecule has 2 N–H and O–H groups in total. The molecule has 0 saturated carbocycles. The van der Waals surface area contributed by atoms with Gasteiger partial charge in [-0.15, -0.1) is 10.2 Å². The van der Waals surface area contributed by atoms with Crippen LogP contribution in [-0.4, -0.2) is 28.4 Å². The molecule has 0 unspecified atom stereocenters. The highest BCUT2D eigenvalue weighted by atomic mass is 32.2. The van der Waals surface area contributed by atoms with Crippen LogP contribution in [0.25, 0.3) is 0 Å². The lowest BCUT2D eigenvalue weighted by Gasteiger charge is -2.05. The topological polar surface area (TPSA) is 66.9 Å². The standard InChI is InChI=1S/C15H20N4OS2/c1-3-5-11-6-8-12(9-7-11)17-13(20)10-21-15-19-18-14(22-15)16-4-2/h6-9H,3-5,10H2,1-2H3,(H,16,18)(H,17,20). The number of nitrogens with one attached hydrogen (secondary N) is 2. The maximum Gasteiger partial charge on any atom is 0.234 e. The number of aromatic nitrogens is 2. The number of hydrogen-bond donors (Lipinski definition) is 2. The van der Waals surface area contributed by atoms with Crippen molar-refractivity contribution in [1.82, 2.24) is 10.2 Å². The number of carbonyl (C=O) groups excluding carboxylic acids is 1. The van der Waals surface area contributed by atoms with E-state index in [2.05, 4.69) is 39.9 Å². The molecule has 1 aromatic heterocycles. The molecule has 1 aromatic carbocycles. The first kappa shape index (κ1) is 16.8. The third-order valence-corrected chi connectivity index (χ3v) is 4.85. The van der Waals surface area contributed by atoms with Gasteiger partial charge in [-0.05, 0) is 31.0 Å². The fourth-order valence-corrected chi connectivity index (χ4v) is 3.48. The number of hydrogen-bond acceptors (Lipinski definition) is 6. The molecule has 0 atom stereocenters. The van der Waals surface area contributed by atoms with Crippen LogP contribution in [0, 0.1) is 0 Å². The van der Waals surface area contributed by atoms with Crippen LogP contribution in [-0.2, 0) is 11.2 Å². The lowest BCUT2D eigenvalue weighted by molar-refractivity contribution is -0.113. The zero-order chi connectivity index (χ0) is 15.8. The van der Waals surface area contributed by atoms with Gasteiger partial charge in [-0.1, -0.05) is 48.6 Å². The third kappa shape index (κ3) is 5.31. The van der Waals surface area contributed by atoms with Gasteiger partial charge in [-0.25, -0.2) is 0 Å². The highest BCUT2D eigenvalue weighted by Crippen LogP contribution is 2.25. The van der Waals surface area contributed by atoms with Crippen LogP contribution in [0.1, 0.15) is 25.8 Å². The average molecular weight is 336 g/mol. The molecule has 1 amide bonds. The van der Waals surface area contributed by atoms with E-state index in [4.69, 9.17) is 0 Å². The normalized spacial score (nSPS) is 10.5. The largest absolute Gasteiger partial charge is 0.360 e. The SMILES string of the molecule is CCCc1ccc(NC(=O)CSc2nnc(NCC)s2)cc1. The Morgan fingerprint density at radius 2 is 2.00 bits per heavy atom. The van der Waals surface area contributed by atoms with E-state index in [1.807, 2.05) is 19.1 Å². The number of aryl methyl sites for hydroxylation is 1. The summed E-state index contributed by atoms with van der Waals surface area (Å²) in [4.78, 5) is 11.9. The number of rotatable bonds is 8. The molecule has 118 valence electrons. The van der Waals surface area contributed by atoms with E-state index < -0.39 is 0 Å². The van der Waals surface area contributed by atoms with Gasteiger partial charge >= 0.3 is 0 Å². The summed E-state index contributed by atoms with van der Waals surface area (Å²) in [6.07, 6.45) is 2.19. The Hall–Kier alpha value is -1.60. The second-order valence-corrected chi connectivity index (χ2v) is 6.89. The number of nitrogens with zero attached hydrogens (tertiary/aromatic N) is 2. The van der Waals surface area contributed by atoms with Gasteiger partial charge in [-0.2, -0.15) is 0 Å². The molecule has 0 radical (unpaired) electrons. The molecule has 0 aliphatic heterocycles. The van der Waals surface area contributed by atoms with Crippen molar-refractivity contribution in [3.8, 4) is 0 Å². The van der Waals surface area contributed by atoms with Gasteiger partial charge in [0.2, 0.25) is 11.0 Å². The fourth-order valence-electron chi connectivity index (χ4n) is 1.86. The lowest BCUT2D eigenvalue weighted by Crippen LogP contribution is -2.13. The van der Waals surface area contributed by atoms with Crippen LogP contribution in [0.5, 0.6) is 0 Å². The van der Waals surface area contributed by atoms with Crippen LogP contribution in [0.15, 0.2) is 28.6 Å². The van der Waals surface area contributed by atoms with Crippen molar-refractivity contribution in [3.63, 3.8) is 0 Å². The van der Waals surface area contributed by atoms with Crippen LogP contribution in [0.4, 0.5) is 10.8 Å². The van der Waals surface area contributed by atoms with Crippen LogP contribution in [0.3, 0.4) is 0 Å². The first-order chi connectivity index (χ1) is 10.7. The highest BCUT2D eigenvalue weighted by Gasteiger charge is 2.08. The Morgan fingerprint density at radius 1 is 1.23 bits per heavy atom. The van der Waals surface area contributed by atoms with Gasteiger partial charge < -0.3 is 10.6 Å². The number of benzene rings is 1. The van der Waals surface area contributed by atoms with E-state index in [-0.39, 0.29) is 5.91 Å². The zero-order valence-corrected chi connectivity index (χ0v) is 14.4. The summed E-state index contributed by atoms with van der Waals surface area (Å²) in [6, 6.07) is 8.00. The van der Waals surface area contributed by atoms with Gasteiger partial charge in [0, 0.05) is 12.2 Å². The molecule has 0 bridgehead atoms. The summed E-state index contributed by atoms with van der Waals surface area (Å²) in [7, 11) is 0. The van der Waals surface area contributed by atoms with Crippen LogP contribution >= 0.6 is 23.1 Å². The number of thioether (sulfide) groups is 1. The molecule has 0 fully saturated rings. The molecule has 22 heavy (non-hydrogen) atoms. The molecular weight excluding hydrogens is 316 g/mol. The van der Waals surface area contributed by atoms with Gasteiger partial charge in [0.05, 0.1) is 5.75 Å². The Bertz CT molecular complexity index is 598. The van der Waals surface area contributed by atoms with Crippen molar-refractivity contribution in [2.75, 3.05) is 22.9 Å². The average Bonchev–Trinajstić information content (AvgIpc) is 2.96. The summed E-state index contributed by atoms with van der Waals surface area (Å²) in [5.41, 5.74) is 2.12. The van der Waals surface area contributed by atoms with Gasteiger partial charge in [0.25, 0.3) is 0 Å². The highest BCUT2D eigenvalue weighted by molar-refractivity contribution is 8.01. The molecule has 0 aliphatic carbocycles. The smallest absolute Gasteiger partial charge is 0.234 e. The summed E-state index contributed by atoms with van der Waals surface area (Å²) in [5.74, 6) is 0.297. The van der Waals surface area contributed by atoms with Crippen molar-refractivity contribution in [2.45, 2.75) is 31.0 Å². The maximum atomic E-state index is 11.9. The minimum Gasteiger partial charge on any atom is -0.360 e. The fraction of sp³-hybridized carbons (Fsp3) is 0.400. The first-order valence-corrected chi connectivity index (χ1v) is 9.10. The van der Waals surface area contributed by atoms with Crippen LogP contribution < -0.4 is 10.6 Å². The van der Waals surface area contributed by atoms with Crippen molar-refractivity contribution < 1.29 is 4.79 Å². The Labute approximate surface area is 138 Å². The van der Waals surface area contributed by atoms with Gasteiger partial charge in [-0.3, -0.25) is 4.79 Å². The monoisotopic (exact) mass is 336 g/mol. The number of amides is 1. The minimum absolute atomic E-state index is 0.0338. The maximum absolute atomic E-state index is 11.9. The van der Waals surface area contributed by atoms with E-state index in [0.717, 1.165) is 34.5 Å². The van der Waals surface area contributed by atoms with E-state index in [1.54, 1.807) is 0 Å². The second-order valence-electron chi connectivity index (χ2n) is 4.69. The first-order valence-electron chi connectivity index (χ1n) is 7.30. The minimum atomic E-state index is -0.0338. The molecule has 0 aliphatic rings. The van der Waals surface area contributed by atoms with E-state index in [1.165, 1.54) is 28.7 Å². The Balaban J connectivity index is 1.79. The van der Waals surface area contributed by atoms with E-state index >= 15 is 0 Å². The number of anilines is 2. The summed E-state index contributed by atoms with van der Waals surface area (Å²) in [5, 5.41) is 14.8. The summed E-state index contributed by atoms with van der Waals surface area (Å²) < 4.78 is 0.796. The molecule has 2 aromatic rings. The predicted octanol–water partition coefficient (Wildman–Crippen LogP) is 3.65. The van der Waals surface area contributed by atoms with Gasteiger partial charge in [0.1, 0.15) is 0 Å². The molecule has 2 rings (SSSR count). The Kier molecular flexibility index (Phi) is 6.67. The van der Waals surface area contributed by atoms with Crippen LogP contribution in [0.2, 0.25) is 0 Å². The molecular formula is C15H20N4OS2. The molecule has 1 heterocycles. The third-order valence-electron chi connectivity index (χ3n) is 2.84. The molecule has 0 spiro atoms. The van der Waals surface area contributed by atoms with Crippen molar-refractivity contribution in [2.24, 2.45) is 0 Å². The second kappa shape index (κ2) is 8.75. The predicted molar refractivity (Wildman–Crippen MR) is 93.9 cm³/mol. The van der Waals surface area contributed by atoms with Crippen molar-refractivity contribution >= 4 is 39.8 Å². The summed E-state index contributed by atoms with van der Waals surface area (Å²) >= 11 is 2.86. The Morgan fingerprint density at radius 3 is 2.68 bits per heavy atom. The molecule has 7 heteroatoms. The molecule has 5 nitrogen and oxygen atoms in total. The van der Waals surface area contributed by atoms with Crippen molar-refractivity contribution in [1.29, 1.82) is 0 Å². The van der Waals surface area contributed by atoms with Crippen molar-refractivity contribution in [3.05, 3.63) is 29.8 Å². The molecule has 0 saturated heterocycles. The lowest BCUT2D eigenvalue weighted by atomic mass is 10.1. The quantitative estimate of drug-likeness (QED) is 0.720.